The highest BCUT2D eigenvalue weighted by Crippen LogP contribution is 2.30. The molecule has 0 aliphatic carbocycles. The van der Waals surface area contributed by atoms with Gasteiger partial charge in [0.25, 0.3) is 0 Å². The maximum absolute atomic E-state index is 3.74. The van der Waals surface area contributed by atoms with Crippen molar-refractivity contribution in [3.8, 4) is 0 Å². The number of anilines is 1. The first-order valence-electron chi connectivity index (χ1n) is 7.33. The van der Waals surface area contributed by atoms with Gasteiger partial charge in [0.05, 0.1) is 5.69 Å². The van der Waals surface area contributed by atoms with E-state index >= 15 is 0 Å². The average Bonchev–Trinajstić information content (AvgIpc) is 2.36. The average molecular weight is 325 g/mol. The molecule has 19 heavy (non-hydrogen) atoms. The third-order valence-corrected chi connectivity index (χ3v) is 4.36. The molecule has 0 bridgehead atoms. The summed E-state index contributed by atoms with van der Waals surface area (Å²) in [7, 11) is 0. The quantitative estimate of drug-likeness (QED) is 0.893. The van der Waals surface area contributed by atoms with Crippen LogP contribution in [0.4, 0.5) is 5.69 Å². The molecule has 0 saturated carbocycles. The standard InChI is InChI=1S/C16H25BrN2/c1-12(2)18-10-14-6-7-16(15(17)9-14)19-8-4-5-13(3)11-19/h6-7,9,12-13,18H,4-5,8,10-11H2,1-3H3. The van der Waals surface area contributed by atoms with Gasteiger partial charge in [-0.25, -0.2) is 0 Å². The van der Waals surface area contributed by atoms with Crippen molar-refractivity contribution in [2.45, 2.75) is 46.2 Å². The van der Waals surface area contributed by atoms with Gasteiger partial charge in [-0.1, -0.05) is 26.8 Å². The van der Waals surface area contributed by atoms with Gasteiger partial charge < -0.3 is 10.2 Å². The number of benzene rings is 1. The summed E-state index contributed by atoms with van der Waals surface area (Å²) < 4.78 is 1.23. The van der Waals surface area contributed by atoms with Crippen molar-refractivity contribution >= 4 is 21.6 Å². The monoisotopic (exact) mass is 324 g/mol. The molecular formula is C16H25BrN2. The van der Waals surface area contributed by atoms with Crippen LogP contribution in [0, 0.1) is 5.92 Å². The lowest BCUT2D eigenvalue weighted by Crippen LogP contribution is -2.34. The van der Waals surface area contributed by atoms with Gasteiger partial charge in [-0.15, -0.1) is 0 Å². The fourth-order valence-corrected chi connectivity index (χ4v) is 3.32. The molecule has 0 radical (unpaired) electrons. The normalized spacial score (nSPS) is 20.1. The summed E-state index contributed by atoms with van der Waals surface area (Å²) in [4.78, 5) is 2.51. The molecule has 1 saturated heterocycles. The molecule has 0 spiro atoms. The van der Waals surface area contributed by atoms with Crippen molar-refractivity contribution in [3.05, 3.63) is 28.2 Å². The molecule has 1 aliphatic rings. The van der Waals surface area contributed by atoms with Crippen molar-refractivity contribution in [2.24, 2.45) is 5.92 Å². The number of hydrogen-bond acceptors (Lipinski definition) is 2. The molecule has 1 heterocycles. The number of nitrogens with zero attached hydrogens (tertiary/aromatic N) is 1. The summed E-state index contributed by atoms with van der Waals surface area (Å²) in [5.41, 5.74) is 2.69. The molecule has 1 aromatic carbocycles. The second kappa shape index (κ2) is 6.76. The molecule has 0 aromatic heterocycles. The van der Waals surface area contributed by atoms with E-state index in [0.29, 0.717) is 6.04 Å². The highest BCUT2D eigenvalue weighted by Gasteiger charge is 2.18. The van der Waals surface area contributed by atoms with Gasteiger partial charge in [-0.05, 0) is 52.4 Å². The molecule has 106 valence electrons. The Morgan fingerprint density at radius 2 is 2.21 bits per heavy atom. The Hall–Kier alpha value is -0.540. The first-order valence-corrected chi connectivity index (χ1v) is 8.12. The fraction of sp³-hybridized carbons (Fsp3) is 0.625. The van der Waals surface area contributed by atoms with E-state index in [1.54, 1.807) is 0 Å². The van der Waals surface area contributed by atoms with Gasteiger partial charge >= 0.3 is 0 Å². The van der Waals surface area contributed by atoms with E-state index in [9.17, 15) is 0 Å². The molecule has 1 N–H and O–H groups in total. The number of hydrogen-bond donors (Lipinski definition) is 1. The number of nitrogens with one attached hydrogen (secondary N) is 1. The summed E-state index contributed by atoms with van der Waals surface area (Å²) in [5.74, 6) is 0.808. The molecule has 2 rings (SSSR count). The number of piperidine rings is 1. The van der Waals surface area contributed by atoms with Gasteiger partial charge in [0, 0.05) is 30.1 Å². The van der Waals surface area contributed by atoms with Gasteiger partial charge in [0.15, 0.2) is 0 Å². The summed E-state index contributed by atoms with van der Waals surface area (Å²) in [5, 5.41) is 3.46. The van der Waals surface area contributed by atoms with E-state index < -0.39 is 0 Å². The molecular weight excluding hydrogens is 300 g/mol. The predicted octanol–water partition coefficient (Wildman–Crippen LogP) is 4.18. The lowest BCUT2D eigenvalue weighted by Gasteiger charge is -2.33. The Balaban J connectivity index is 2.06. The van der Waals surface area contributed by atoms with E-state index in [0.717, 1.165) is 12.5 Å². The predicted molar refractivity (Wildman–Crippen MR) is 86.7 cm³/mol. The second-order valence-corrected chi connectivity index (χ2v) is 6.87. The van der Waals surface area contributed by atoms with Gasteiger partial charge in [-0.2, -0.15) is 0 Å². The minimum Gasteiger partial charge on any atom is -0.370 e. The van der Waals surface area contributed by atoms with Gasteiger partial charge in [-0.3, -0.25) is 0 Å². The van der Waals surface area contributed by atoms with Crippen LogP contribution in [0.25, 0.3) is 0 Å². The van der Waals surface area contributed by atoms with E-state index in [1.807, 2.05) is 0 Å². The Morgan fingerprint density at radius 1 is 1.42 bits per heavy atom. The van der Waals surface area contributed by atoms with Crippen LogP contribution in [0.5, 0.6) is 0 Å². The van der Waals surface area contributed by atoms with Crippen LogP contribution in [0.2, 0.25) is 0 Å². The van der Waals surface area contributed by atoms with Gasteiger partial charge in [0.2, 0.25) is 0 Å². The third-order valence-electron chi connectivity index (χ3n) is 3.72. The minimum absolute atomic E-state index is 0.529. The van der Waals surface area contributed by atoms with Crippen LogP contribution in [0.3, 0.4) is 0 Å². The summed E-state index contributed by atoms with van der Waals surface area (Å²) in [6, 6.07) is 7.29. The van der Waals surface area contributed by atoms with E-state index in [-0.39, 0.29) is 0 Å². The Morgan fingerprint density at radius 3 is 2.84 bits per heavy atom. The van der Waals surface area contributed by atoms with Crippen LogP contribution >= 0.6 is 15.9 Å². The zero-order valence-corrected chi connectivity index (χ0v) is 13.8. The summed E-state index contributed by atoms with van der Waals surface area (Å²) >= 11 is 3.74. The molecule has 0 amide bonds. The van der Waals surface area contributed by atoms with Crippen LogP contribution in [0.1, 0.15) is 39.2 Å². The molecule has 1 aliphatic heterocycles. The van der Waals surface area contributed by atoms with Crippen LogP contribution in [0.15, 0.2) is 22.7 Å². The van der Waals surface area contributed by atoms with Crippen LogP contribution in [-0.2, 0) is 6.54 Å². The molecule has 1 unspecified atom stereocenters. The maximum Gasteiger partial charge on any atom is 0.0510 e. The lowest BCUT2D eigenvalue weighted by molar-refractivity contribution is 0.446. The zero-order chi connectivity index (χ0) is 13.8. The van der Waals surface area contributed by atoms with Crippen molar-refractivity contribution in [3.63, 3.8) is 0 Å². The van der Waals surface area contributed by atoms with Crippen molar-refractivity contribution in [1.29, 1.82) is 0 Å². The lowest BCUT2D eigenvalue weighted by atomic mass is 9.99. The van der Waals surface area contributed by atoms with Crippen molar-refractivity contribution in [2.75, 3.05) is 18.0 Å². The minimum atomic E-state index is 0.529. The first kappa shape index (κ1) is 14.9. The Kier molecular flexibility index (Phi) is 5.28. The SMILES string of the molecule is CC1CCCN(c2ccc(CNC(C)C)cc2Br)C1. The Bertz CT molecular complexity index is 417. The molecule has 1 aromatic rings. The molecule has 1 atom stereocenters. The second-order valence-electron chi connectivity index (χ2n) is 6.01. The maximum atomic E-state index is 3.74. The molecule has 2 nitrogen and oxygen atoms in total. The Labute approximate surface area is 125 Å². The van der Waals surface area contributed by atoms with E-state index in [1.165, 1.54) is 41.7 Å². The fourth-order valence-electron chi connectivity index (χ4n) is 2.65. The van der Waals surface area contributed by atoms with E-state index in [2.05, 4.69) is 65.1 Å². The van der Waals surface area contributed by atoms with Crippen LogP contribution < -0.4 is 10.2 Å². The summed E-state index contributed by atoms with van der Waals surface area (Å²) in [6.07, 6.45) is 2.68. The summed E-state index contributed by atoms with van der Waals surface area (Å²) in [6.45, 7) is 10.0. The third kappa shape index (κ3) is 4.22. The van der Waals surface area contributed by atoms with Gasteiger partial charge in [0.1, 0.15) is 0 Å². The highest BCUT2D eigenvalue weighted by atomic mass is 79.9. The molecule has 1 fully saturated rings. The topological polar surface area (TPSA) is 15.3 Å². The first-order chi connectivity index (χ1) is 9.06. The zero-order valence-electron chi connectivity index (χ0n) is 12.2. The smallest absolute Gasteiger partial charge is 0.0510 e. The van der Waals surface area contributed by atoms with E-state index in [4.69, 9.17) is 0 Å². The molecule has 3 heteroatoms. The van der Waals surface area contributed by atoms with Crippen molar-refractivity contribution in [1.82, 2.24) is 5.32 Å². The number of halogens is 1. The van der Waals surface area contributed by atoms with Crippen molar-refractivity contribution < 1.29 is 0 Å². The van der Waals surface area contributed by atoms with Crippen LogP contribution in [-0.4, -0.2) is 19.1 Å². The largest absolute Gasteiger partial charge is 0.370 e. The number of rotatable bonds is 4. The highest BCUT2D eigenvalue weighted by molar-refractivity contribution is 9.10.